The van der Waals surface area contributed by atoms with Gasteiger partial charge in [0.15, 0.2) is 0 Å². The minimum Gasteiger partial charge on any atom is -0.468 e. The summed E-state index contributed by atoms with van der Waals surface area (Å²) < 4.78 is 4.79. The number of hydrogen-bond acceptors (Lipinski definition) is 3. The van der Waals surface area contributed by atoms with E-state index in [1.54, 1.807) is 0 Å². The molecule has 1 heterocycles. The first-order valence-corrected chi connectivity index (χ1v) is 5.81. The van der Waals surface area contributed by atoms with Crippen LogP contribution in [0.1, 0.15) is 19.8 Å². The minimum absolute atomic E-state index is 0.0128. The van der Waals surface area contributed by atoms with Crippen LogP contribution in [0.25, 0.3) is 0 Å². The first kappa shape index (κ1) is 11.4. The Labute approximate surface area is 96.8 Å². The number of carbonyl (C=O) groups excluding carboxylic acids is 1. The Morgan fingerprint density at radius 2 is 2.38 bits per heavy atom. The predicted octanol–water partition coefficient (Wildman–Crippen LogP) is 1.76. The molecule has 0 aromatic heterocycles. The highest BCUT2D eigenvalue weighted by molar-refractivity contribution is 5.76. The Bertz CT molecular complexity index is 335. The molecule has 2 atom stereocenters. The van der Waals surface area contributed by atoms with E-state index in [2.05, 4.69) is 36.1 Å². The molecule has 1 unspecified atom stereocenters. The highest BCUT2D eigenvalue weighted by atomic mass is 16.5. The average molecular weight is 221 g/mol. The van der Waals surface area contributed by atoms with Crippen LogP contribution in [0.3, 0.4) is 0 Å². The Morgan fingerprint density at radius 1 is 1.56 bits per heavy atom. The summed E-state index contributed by atoms with van der Waals surface area (Å²) in [5.41, 5.74) is 0.168. The Morgan fingerprint density at radius 3 is 2.88 bits per heavy atom. The molecule has 1 saturated heterocycles. The van der Waals surface area contributed by atoms with Gasteiger partial charge in [-0.05, 0) is 12.8 Å². The second-order valence-corrected chi connectivity index (χ2v) is 4.94. The fraction of sp³-hybridized carbons (Fsp3) is 0.615. The first-order valence-electron chi connectivity index (χ1n) is 5.81. The molecule has 0 N–H and O–H groups in total. The summed E-state index contributed by atoms with van der Waals surface area (Å²) in [4.78, 5) is 13.7. The van der Waals surface area contributed by atoms with Crippen molar-refractivity contribution in [2.45, 2.75) is 25.8 Å². The monoisotopic (exact) mass is 221 g/mol. The molecule has 0 spiro atoms. The number of carbonyl (C=O) groups is 1. The molecule has 2 rings (SSSR count). The largest absolute Gasteiger partial charge is 0.468 e. The maximum atomic E-state index is 11.5. The van der Waals surface area contributed by atoms with Crippen molar-refractivity contribution in [1.29, 1.82) is 0 Å². The predicted molar refractivity (Wildman–Crippen MR) is 63.0 cm³/mol. The Hall–Kier alpha value is -1.09. The number of esters is 1. The van der Waals surface area contributed by atoms with Crippen LogP contribution in [0.2, 0.25) is 0 Å². The lowest BCUT2D eigenvalue weighted by atomic mass is 9.81. The van der Waals surface area contributed by atoms with Crippen molar-refractivity contribution in [2.75, 3.05) is 20.2 Å². The fourth-order valence-electron chi connectivity index (χ4n) is 2.39. The molecule has 0 aromatic carbocycles. The summed E-state index contributed by atoms with van der Waals surface area (Å²) in [6, 6.07) is -0.0128. The summed E-state index contributed by atoms with van der Waals surface area (Å²) in [5, 5.41) is 0. The number of ether oxygens (including phenoxy) is 1. The molecule has 1 aliphatic heterocycles. The van der Waals surface area contributed by atoms with Gasteiger partial charge in [0.1, 0.15) is 6.04 Å². The van der Waals surface area contributed by atoms with E-state index in [0.29, 0.717) is 0 Å². The molecule has 1 aliphatic carbocycles. The second kappa shape index (κ2) is 4.42. The van der Waals surface area contributed by atoms with Crippen molar-refractivity contribution in [1.82, 2.24) is 4.90 Å². The molecular weight excluding hydrogens is 202 g/mol. The smallest absolute Gasteiger partial charge is 0.323 e. The quantitative estimate of drug-likeness (QED) is 0.680. The van der Waals surface area contributed by atoms with E-state index < -0.39 is 0 Å². The molecule has 16 heavy (non-hydrogen) atoms. The molecule has 0 aromatic rings. The summed E-state index contributed by atoms with van der Waals surface area (Å²) in [5.74, 6) is -0.0924. The number of likely N-dealkylation sites (tertiary alicyclic amines) is 1. The molecule has 3 heteroatoms. The number of nitrogens with zero attached hydrogens (tertiary/aromatic N) is 1. The van der Waals surface area contributed by atoms with Crippen LogP contribution >= 0.6 is 0 Å². The van der Waals surface area contributed by atoms with Crippen LogP contribution in [0.15, 0.2) is 24.3 Å². The maximum absolute atomic E-state index is 11.5. The number of allylic oxidation sites excluding steroid dienone is 3. The van der Waals surface area contributed by atoms with Crippen molar-refractivity contribution in [3.63, 3.8) is 0 Å². The zero-order valence-corrected chi connectivity index (χ0v) is 9.98. The Kier molecular flexibility index (Phi) is 3.15. The third kappa shape index (κ3) is 2.19. The third-order valence-corrected chi connectivity index (χ3v) is 3.50. The second-order valence-electron chi connectivity index (χ2n) is 4.94. The van der Waals surface area contributed by atoms with Crippen LogP contribution < -0.4 is 0 Å². The summed E-state index contributed by atoms with van der Waals surface area (Å²) in [6.07, 6.45) is 10.6. The average Bonchev–Trinajstić information content (AvgIpc) is 2.25. The molecule has 3 nitrogen and oxygen atoms in total. The SMILES string of the molecule is COC(=O)C1CCN1C[C@@]1(C)C=CC=CC1. The van der Waals surface area contributed by atoms with Gasteiger partial charge in [-0.15, -0.1) is 0 Å². The summed E-state index contributed by atoms with van der Waals surface area (Å²) in [7, 11) is 1.46. The van der Waals surface area contributed by atoms with Crippen molar-refractivity contribution < 1.29 is 9.53 Å². The lowest BCUT2D eigenvalue weighted by Gasteiger charge is -2.43. The van der Waals surface area contributed by atoms with E-state index in [9.17, 15) is 4.79 Å². The van der Waals surface area contributed by atoms with Crippen LogP contribution in [-0.4, -0.2) is 37.1 Å². The van der Waals surface area contributed by atoms with Crippen molar-refractivity contribution in [2.24, 2.45) is 5.41 Å². The van der Waals surface area contributed by atoms with Gasteiger partial charge in [-0.1, -0.05) is 31.2 Å². The third-order valence-electron chi connectivity index (χ3n) is 3.50. The first-order chi connectivity index (χ1) is 7.64. The summed E-state index contributed by atoms with van der Waals surface area (Å²) >= 11 is 0. The summed E-state index contributed by atoms with van der Waals surface area (Å²) in [6.45, 7) is 4.18. The molecular formula is C13H19NO2. The number of hydrogen-bond donors (Lipinski definition) is 0. The van der Waals surface area contributed by atoms with Gasteiger partial charge < -0.3 is 4.74 Å². The highest BCUT2D eigenvalue weighted by Gasteiger charge is 2.38. The lowest BCUT2D eigenvalue weighted by molar-refractivity contribution is -0.152. The van der Waals surface area contributed by atoms with Crippen LogP contribution in [0.5, 0.6) is 0 Å². The topological polar surface area (TPSA) is 29.5 Å². The van der Waals surface area contributed by atoms with Gasteiger partial charge in [0.25, 0.3) is 0 Å². The molecule has 0 radical (unpaired) electrons. The van der Waals surface area contributed by atoms with Crippen molar-refractivity contribution >= 4 is 5.97 Å². The van der Waals surface area contributed by atoms with Gasteiger partial charge in [0.2, 0.25) is 0 Å². The lowest BCUT2D eigenvalue weighted by Crippen LogP contribution is -2.55. The van der Waals surface area contributed by atoms with E-state index in [4.69, 9.17) is 4.74 Å². The van der Waals surface area contributed by atoms with Crippen LogP contribution in [0, 0.1) is 5.41 Å². The van der Waals surface area contributed by atoms with Gasteiger partial charge in [0.05, 0.1) is 7.11 Å². The standard InChI is InChI=1S/C13H19NO2/c1-13(7-4-3-5-8-13)10-14-9-6-11(14)12(15)16-2/h3-5,7,11H,6,8-10H2,1-2H3/t11?,13-/m0/s1. The molecule has 88 valence electrons. The van der Waals surface area contributed by atoms with E-state index >= 15 is 0 Å². The molecule has 0 saturated carbocycles. The van der Waals surface area contributed by atoms with Gasteiger partial charge in [0, 0.05) is 18.5 Å². The zero-order valence-electron chi connectivity index (χ0n) is 9.98. The van der Waals surface area contributed by atoms with Crippen molar-refractivity contribution in [3.05, 3.63) is 24.3 Å². The van der Waals surface area contributed by atoms with E-state index in [0.717, 1.165) is 25.9 Å². The molecule has 1 fully saturated rings. The molecule has 0 amide bonds. The number of rotatable bonds is 3. The van der Waals surface area contributed by atoms with Gasteiger partial charge in [-0.2, -0.15) is 0 Å². The normalized spacial score (nSPS) is 33.5. The van der Waals surface area contributed by atoms with E-state index in [1.165, 1.54) is 7.11 Å². The Balaban J connectivity index is 1.93. The maximum Gasteiger partial charge on any atom is 0.323 e. The van der Waals surface area contributed by atoms with Crippen LogP contribution in [0.4, 0.5) is 0 Å². The van der Waals surface area contributed by atoms with Crippen LogP contribution in [-0.2, 0) is 9.53 Å². The molecule has 2 aliphatic rings. The zero-order chi connectivity index (χ0) is 11.6. The fourth-order valence-corrected chi connectivity index (χ4v) is 2.39. The number of methoxy groups -OCH3 is 1. The molecule has 0 bridgehead atoms. The van der Waals surface area contributed by atoms with Gasteiger partial charge in [-0.25, -0.2) is 0 Å². The van der Waals surface area contributed by atoms with Gasteiger partial charge >= 0.3 is 5.97 Å². The van der Waals surface area contributed by atoms with Gasteiger partial charge in [-0.3, -0.25) is 9.69 Å². The van der Waals surface area contributed by atoms with Crippen molar-refractivity contribution in [3.8, 4) is 0 Å². The highest BCUT2D eigenvalue weighted by Crippen LogP contribution is 2.32. The van der Waals surface area contributed by atoms with E-state index in [1.807, 2.05) is 0 Å². The minimum atomic E-state index is -0.0924. The van der Waals surface area contributed by atoms with E-state index in [-0.39, 0.29) is 17.4 Å².